The Kier molecular flexibility index (Phi) is 5.81. The number of hydrogen-bond acceptors (Lipinski definition) is 10. The van der Waals surface area contributed by atoms with E-state index >= 15 is 0 Å². The first-order chi connectivity index (χ1) is 15.2. The van der Waals surface area contributed by atoms with E-state index in [9.17, 15) is 18.3 Å². The zero-order valence-corrected chi connectivity index (χ0v) is 17.7. The lowest BCUT2D eigenvalue weighted by Crippen LogP contribution is -2.55. The van der Waals surface area contributed by atoms with E-state index in [2.05, 4.69) is 20.2 Å². The van der Waals surface area contributed by atoms with E-state index in [1.54, 1.807) is 4.90 Å². The van der Waals surface area contributed by atoms with Gasteiger partial charge in [-0.05, 0) is 12.5 Å². The SMILES string of the molecule is CCCc1cc2c(N3CCN(C(=N)C(F)(F)F)C(=N)C3)nc(-c3nnc(CO)o3)nc2s1. The maximum Gasteiger partial charge on any atom is 0.449 e. The summed E-state index contributed by atoms with van der Waals surface area (Å²) in [6.45, 7) is 1.39. The Morgan fingerprint density at radius 3 is 2.69 bits per heavy atom. The molecule has 3 aromatic heterocycles. The van der Waals surface area contributed by atoms with Crippen molar-refractivity contribution in [2.24, 2.45) is 0 Å². The number of aromatic nitrogens is 4. The number of piperazine rings is 1. The van der Waals surface area contributed by atoms with Crippen LogP contribution in [0.25, 0.3) is 21.9 Å². The minimum Gasteiger partial charge on any atom is -0.416 e. The van der Waals surface area contributed by atoms with E-state index in [4.69, 9.17) is 15.2 Å². The van der Waals surface area contributed by atoms with Gasteiger partial charge in [0, 0.05) is 18.0 Å². The van der Waals surface area contributed by atoms with Crippen LogP contribution in [0.4, 0.5) is 19.0 Å². The summed E-state index contributed by atoms with van der Waals surface area (Å²) in [4.78, 5) is 13.1. The number of aliphatic hydroxyl groups excluding tert-OH is 1. The normalized spacial score (nSPS) is 15.1. The molecule has 4 heterocycles. The Bertz CT molecular complexity index is 1170. The van der Waals surface area contributed by atoms with Crippen LogP contribution >= 0.6 is 11.3 Å². The summed E-state index contributed by atoms with van der Waals surface area (Å²) in [7, 11) is 0. The average Bonchev–Trinajstić information content (AvgIpc) is 3.38. The van der Waals surface area contributed by atoms with Crippen molar-refractivity contribution in [2.45, 2.75) is 32.5 Å². The van der Waals surface area contributed by atoms with Crippen LogP contribution in [0.1, 0.15) is 24.1 Å². The second-order valence-corrected chi connectivity index (χ2v) is 8.19. The molecule has 0 spiro atoms. The molecule has 14 heteroatoms. The highest BCUT2D eigenvalue weighted by Crippen LogP contribution is 2.34. The quantitative estimate of drug-likeness (QED) is 0.384. The van der Waals surface area contributed by atoms with Crippen LogP contribution in [0.15, 0.2) is 10.5 Å². The Labute approximate surface area is 183 Å². The third-order valence-corrected chi connectivity index (χ3v) is 5.90. The predicted octanol–water partition coefficient (Wildman–Crippen LogP) is 2.82. The van der Waals surface area contributed by atoms with Gasteiger partial charge in [0.2, 0.25) is 17.6 Å². The molecule has 32 heavy (non-hydrogen) atoms. The number of aryl methyl sites for hydroxylation is 1. The Morgan fingerprint density at radius 2 is 2.06 bits per heavy atom. The fraction of sp³-hybridized carbons (Fsp3) is 0.444. The molecule has 3 aromatic rings. The number of amidine groups is 2. The number of thiophene rings is 1. The minimum absolute atomic E-state index is 0.00385. The van der Waals surface area contributed by atoms with Crippen molar-refractivity contribution in [1.82, 2.24) is 25.1 Å². The van der Waals surface area contributed by atoms with Gasteiger partial charge < -0.3 is 19.3 Å². The number of halogens is 3. The molecule has 1 aliphatic heterocycles. The molecule has 10 nitrogen and oxygen atoms in total. The lowest BCUT2D eigenvalue weighted by atomic mass is 10.2. The largest absolute Gasteiger partial charge is 0.449 e. The molecule has 0 bridgehead atoms. The van der Waals surface area contributed by atoms with E-state index in [0.717, 1.165) is 23.1 Å². The summed E-state index contributed by atoms with van der Waals surface area (Å²) in [6.07, 6.45) is -3.07. The molecule has 0 saturated carbocycles. The first-order valence-electron chi connectivity index (χ1n) is 9.71. The zero-order valence-electron chi connectivity index (χ0n) is 16.9. The maximum absolute atomic E-state index is 12.9. The molecule has 3 N–H and O–H groups in total. The van der Waals surface area contributed by atoms with Crippen molar-refractivity contribution in [2.75, 3.05) is 24.5 Å². The number of aliphatic hydroxyl groups is 1. The third-order valence-electron chi connectivity index (χ3n) is 4.81. The summed E-state index contributed by atoms with van der Waals surface area (Å²) in [6, 6.07) is 1.95. The number of nitrogens with zero attached hydrogens (tertiary/aromatic N) is 6. The molecular formula is C18H19F3N8O2S. The number of nitrogens with one attached hydrogen (secondary N) is 2. The first-order valence-corrected chi connectivity index (χ1v) is 10.5. The van der Waals surface area contributed by atoms with Gasteiger partial charge in [0.1, 0.15) is 23.1 Å². The van der Waals surface area contributed by atoms with Gasteiger partial charge in [0.15, 0.2) is 0 Å². The molecule has 0 aliphatic carbocycles. The van der Waals surface area contributed by atoms with Gasteiger partial charge >= 0.3 is 6.18 Å². The molecule has 0 aromatic carbocycles. The van der Waals surface area contributed by atoms with E-state index in [1.807, 2.05) is 13.0 Å². The summed E-state index contributed by atoms with van der Waals surface area (Å²) in [5.74, 6) is -1.33. The van der Waals surface area contributed by atoms with Crippen LogP contribution < -0.4 is 4.90 Å². The molecule has 1 fully saturated rings. The first kappa shape index (κ1) is 22.1. The molecule has 0 amide bonds. The van der Waals surface area contributed by atoms with Gasteiger partial charge in [0.25, 0.3) is 5.89 Å². The van der Waals surface area contributed by atoms with Crippen LogP contribution in [0.3, 0.4) is 0 Å². The summed E-state index contributed by atoms with van der Waals surface area (Å²) in [5, 5.41) is 32.9. The fourth-order valence-electron chi connectivity index (χ4n) is 3.35. The third kappa shape index (κ3) is 4.14. The van der Waals surface area contributed by atoms with Gasteiger partial charge in [0.05, 0.1) is 11.9 Å². The molecular weight excluding hydrogens is 449 g/mol. The topological polar surface area (TPSA) is 139 Å². The lowest BCUT2D eigenvalue weighted by molar-refractivity contribution is -0.0671. The molecule has 1 saturated heterocycles. The van der Waals surface area contributed by atoms with Crippen molar-refractivity contribution < 1.29 is 22.7 Å². The molecule has 0 unspecified atom stereocenters. The predicted molar refractivity (Wildman–Crippen MR) is 111 cm³/mol. The van der Waals surface area contributed by atoms with Crippen LogP contribution in [0.2, 0.25) is 0 Å². The molecule has 4 rings (SSSR count). The van der Waals surface area contributed by atoms with E-state index < -0.39 is 18.6 Å². The molecule has 1 aliphatic rings. The Balaban J connectivity index is 1.72. The fourth-order valence-corrected chi connectivity index (χ4v) is 4.48. The van der Waals surface area contributed by atoms with Crippen LogP contribution in [-0.4, -0.2) is 67.7 Å². The van der Waals surface area contributed by atoms with Crippen molar-refractivity contribution in [1.29, 1.82) is 10.8 Å². The standard InChI is InChI=1S/C18H19F3N8O2S/c1-2-3-9-6-10-14(28-4-5-29(11(22)7-28)17(23)18(19,20)21)24-13(25-16(10)32-9)15-27-26-12(8-30)31-15/h6,22-23,30H,2-5,7-8H2,1H3. The minimum atomic E-state index is -4.82. The number of alkyl halides is 3. The number of anilines is 1. The highest BCUT2D eigenvalue weighted by atomic mass is 32.1. The number of fused-ring (bicyclic) bond motifs is 1. The maximum atomic E-state index is 12.9. The van der Waals surface area contributed by atoms with E-state index in [-0.39, 0.29) is 43.1 Å². The van der Waals surface area contributed by atoms with Gasteiger partial charge in [-0.2, -0.15) is 13.2 Å². The van der Waals surface area contributed by atoms with Crippen molar-refractivity contribution in [3.63, 3.8) is 0 Å². The smallest absolute Gasteiger partial charge is 0.416 e. The van der Waals surface area contributed by atoms with Crippen LogP contribution in [0, 0.1) is 10.8 Å². The lowest BCUT2D eigenvalue weighted by Gasteiger charge is -2.37. The zero-order chi connectivity index (χ0) is 23.0. The highest BCUT2D eigenvalue weighted by molar-refractivity contribution is 7.18. The van der Waals surface area contributed by atoms with Gasteiger partial charge in [-0.1, -0.05) is 13.3 Å². The second-order valence-electron chi connectivity index (χ2n) is 7.08. The van der Waals surface area contributed by atoms with Gasteiger partial charge in [-0.15, -0.1) is 21.5 Å². The Hall–Kier alpha value is -3.13. The molecule has 0 atom stereocenters. The number of rotatable bonds is 5. The van der Waals surface area contributed by atoms with Crippen LogP contribution in [-0.2, 0) is 13.0 Å². The average molecular weight is 468 g/mol. The summed E-state index contributed by atoms with van der Waals surface area (Å²) >= 11 is 1.47. The molecule has 170 valence electrons. The van der Waals surface area contributed by atoms with E-state index in [0.29, 0.717) is 15.5 Å². The summed E-state index contributed by atoms with van der Waals surface area (Å²) < 4.78 is 44.2. The van der Waals surface area contributed by atoms with Crippen LogP contribution in [0.5, 0.6) is 0 Å². The van der Waals surface area contributed by atoms with Gasteiger partial charge in [-0.25, -0.2) is 9.97 Å². The van der Waals surface area contributed by atoms with Crippen molar-refractivity contribution in [3.05, 3.63) is 16.8 Å². The monoisotopic (exact) mass is 468 g/mol. The second kappa shape index (κ2) is 8.43. The molecule has 0 radical (unpaired) electrons. The number of hydrogen-bond donors (Lipinski definition) is 3. The summed E-state index contributed by atoms with van der Waals surface area (Å²) in [5.41, 5.74) is 0. The van der Waals surface area contributed by atoms with Crippen molar-refractivity contribution >= 4 is 39.0 Å². The van der Waals surface area contributed by atoms with Gasteiger partial charge in [-0.3, -0.25) is 10.8 Å². The highest BCUT2D eigenvalue weighted by Gasteiger charge is 2.41. The Morgan fingerprint density at radius 1 is 1.28 bits per heavy atom. The van der Waals surface area contributed by atoms with Crippen molar-refractivity contribution in [3.8, 4) is 11.7 Å². The van der Waals surface area contributed by atoms with E-state index in [1.165, 1.54) is 11.3 Å².